The molecule has 1 aromatic rings. The summed E-state index contributed by atoms with van der Waals surface area (Å²) in [4.78, 5) is 42.1. The summed E-state index contributed by atoms with van der Waals surface area (Å²) in [5.41, 5.74) is 0.156. The van der Waals surface area contributed by atoms with Crippen LogP contribution in [0, 0.1) is 0 Å². The largest absolute Gasteiger partial charge is 0.448 e. The average molecular weight is 438 g/mol. The van der Waals surface area contributed by atoms with Gasteiger partial charge < -0.3 is 14.5 Å². The van der Waals surface area contributed by atoms with E-state index in [1.807, 2.05) is 58.0 Å². The SMILES string of the molecule is CC1(C)S[C@@H]2[C@H](N3C(=O)C(c4ccccc4)NC3(C)C)C(=O)N2[C@H]1C(=O)OCCl. The molecular weight excluding hydrogens is 414 g/mol. The third-order valence-electron chi connectivity index (χ3n) is 5.83. The van der Waals surface area contributed by atoms with Crippen molar-refractivity contribution in [3.8, 4) is 0 Å². The monoisotopic (exact) mass is 437 g/mol. The first-order valence-corrected chi connectivity index (χ1v) is 10.9. The number of ether oxygens (including phenoxy) is 1. The smallest absolute Gasteiger partial charge is 0.331 e. The average Bonchev–Trinajstić information content (AvgIpc) is 3.05. The summed E-state index contributed by atoms with van der Waals surface area (Å²) in [6, 6.07) is 7.35. The van der Waals surface area contributed by atoms with Gasteiger partial charge in [-0.1, -0.05) is 41.9 Å². The van der Waals surface area contributed by atoms with E-state index in [1.165, 1.54) is 11.8 Å². The molecule has 0 aromatic heterocycles. The Kier molecular flexibility index (Phi) is 4.87. The fourth-order valence-electron chi connectivity index (χ4n) is 4.60. The number of halogens is 1. The van der Waals surface area contributed by atoms with Gasteiger partial charge in [0, 0.05) is 4.75 Å². The lowest BCUT2D eigenvalue weighted by Crippen LogP contribution is -2.73. The number of amides is 2. The lowest BCUT2D eigenvalue weighted by molar-refractivity contribution is -0.172. The summed E-state index contributed by atoms with van der Waals surface area (Å²) in [5, 5.41) is 3.06. The maximum Gasteiger partial charge on any atom is 0.331 e. The lowest BCUT2D eigenvalue weighted by atomic mass is 9.94. The topological polar surface area (TPSA) is 79.0 Å². The Hall–Kier alpha value is -1.77. The van der Waals surface area contributed by atoms with Crippen LogP contribution in [0.4, 0.5) is 0 Å². The maximum atomic E-state index is 13.3. The number of esters is 1. The molecule has 3 aliphatic rings. The number of β-lactam (4-membered cyclic amide) rings is 1. The minimum Gasteiger partial charge on any atom is -0.448 e. The Bertz CT molecular complexity index is 863. The van der Waals surface area contributed by atoms with Crippen molar-refractivity contribution in [2.45, 2.75) is 61.6 Å². The van der Waals surface area contributed by atoms with E-state index < -0.39 is 34.5 Å². The molecule has 3 heterocycles. The highest BCUT2D eigenvalue weighted by Gasteiger charge is 2.68. The highest BCUT2D eigenvalue weighted by atomic mass is 35.5. The molecule has 156 valence electrons. The van der Waals surface area contributed by atoms with Crippen LogP contribution in [0.25, 0.3) is 0 Å². The summed E-state index contributed by atoms with van der Waals surface area (Å²) in [6.45, 7) is 7.60. The zero-order valence-corrected chi connectivity index (χ0v) is 18.3. The van der Waals surface area contributed by atoms with Crippen LogP contribution in [0.3, 0.4) is 0 Å². The zero-order valence-electron chi connectivity index (χ0n) is 16.7. The fraction of sp³-hybridized carbons (Fsp3) is 0.550. The molecule has 4 atom stereocenters. The van der Waals surface area contributed by atoms with Crippen molar-refractivity contribution in [1.29, 1.82) is 0 Å². The Balaban J connectivity index is 1.62. The predicted molar refractivity (Wildman–Crippen MR) is 110 cm³/mol. The number of nitrogens with one attached hydrogen (secondary N) is 1. The number of benzene rings is 1. The van der Waals surface area contributed by atoms with Gasteiger partial charge in [-0.05, 0) is 33.3 Å². The van der Waals surface area contributed by atoms with E-state index in [2.05, 4.69) is 5.32 Å². The van der Waals surface area contributed by atoms with E-state index in [4.69, 9.17) is 16.3 Å². The molecular formula is C20H24ClN3O4S. The highest BCUT2D eigenvalue weighted by Crippen LogP contribution is 2.54. The number of carbonyl (C=O) groups is 3. The van der Waals surface area contributed by atoms with E-state index in [0.717, 1.165) is 5.56 Å². The van der Waals surface area contributed by atoms with Gasteiger partial charge in [0.2, 0.25) is 11.8 Å². The van der Waals surface area contributed by atoms with Crippen LogP contribution in [0.15, 0.2) is 30.3 Å². The molecule has 4 rings (SSSR count). The second kappa shape index (κ2) is 6.89. The molecule has 1 N–H and O–H groups in total. The molecule has 29 heavy (non-hydrogen) atoms. The number of hydrogen-bond acceptors (Lipinski definition) is 6. The van der Waals surface area contributed by atoms with E-state index in [0.29, 0.717) is 0 Å². The van der Waals surface area contributed by atoms with Gasteiger partial charge in [-0.2, -0.15) is 0 Å². The second-order valence-electron chi connectivity index (χ2n) is 8.53. The molecule has 0 aliphatic carbocycles. The van der Waals surface area contributed by atoms with E-state index in [-0.39, 0.29) is 23.3 Å². The highest BCUT2D eigenvalue weighted by molar-refractivity contribution is 8.01. The molecule has 9 heteroatoms. The summed E-state index contributed by atoms with van der Waals surface area (Å²) >= 11 is 7.07. The van der Waals surface area contributed by atoms with E-state index in [1.54, 1.807) is 9.80 Å². The van der Waals surface area contributed by atoms with Crippen molar-refractivity contribution in [3.05, 3.63) is 35.9 Å². The first-order valence-electron chi connectivity index (χ1n) is 9.48. The fourth-order valence-corrected chi connectivity index (χ4v) is 6.37. The third kappa shape index (κ3) is 3.04. The van der Waals surface area contributed by atoms with Gasteiger partial charge in [-0.3, -0.25) is 14.9 Å². The van der Waals surface area contributed by atoms with E-state index in [9.17, 15) is 14.4 Å². The first-order chi connectivity index (χ1) is 13.6. The van der Waals surface area contributed by atoms with Crippen LogP contribution in [0.5, 0.6) is 0 Å². The van der Waals surface area contributed by atoms with Crippen LogP contribution in [-0.4, -0.2) is 61.5 Å². The summed E-state index contributed by atoms with van der Waals surface area (Å²) in [5.74, 6) is -0.884. The molecule has 0 radical (unpaired) electrons. The zero-order chi connectivity index (χ0) is 21.1. The minimum atomic E-state index is -0.723. The van der Waals surface area contributed by atoms with E-state index >= 15 is 0 Å². The molecule has 2 amide bonds. The minimum absolute atomic E-state index is 0.135. The van der Waals surface area contributed by atoms with Crippen molar-refractivity contribution in [2.24, 2.45) is 0 Å². The standard InChI is InChI=1S/C20H24ClN3O4S/c1-19(2)14(18(27)28-10-21)23-16(26)13(17(23)29-19)24-15(25)12(22-20(24,3)4)11-8-6-5-7-9-11/h5-9,12-14,17,22H,10H2,1-4H3/t12?,13-,14+,17-/m1/s1. The van der Waals surface area contributed by atoms with Crippen LogP contribution in [0.2, 0.25) is 0 Å². The molecule has 0 bridgehead atoms. The Morgan fingerprint density at radius 2 is 1.83 bits per heavy atom. The molecule has 1 unspecified atom stereocenters. The van der Waals surface area contributed by atoms with Crippen LogP contribution >= 0.6 is 23.4 Å². The number of thioether (sulfide) groups is 1. The van der Waals surface area contributed by atoms with Crippen molar-refractivity contribution in [2.75, 3.05) is 6.07 Å². The Labute approximate surface area is 179 Å². The third-order valence-corrected chi connectivity index (χ3v) is 7.49. The second-order valence-corrected chi connectivity index (χ2v) is 10.5. The lowest BCUT2D eigenvalue weighted by Gasteiger charge is -2.50. The summed E-state index contributed by atoms with van der Waals surface area (Å²) in [6.07, 6.45) is 0. The van der Waals surface area contributed by atoms with Gasteiger partial charge in [-0.15, -0.1) is 11.8 Å². The van der Waals surface area contributed by atoms with Crippen LogP contribution < -0.4 is 5.32 Å². The number of carbonyl (C=O) groups excluding carboxylic acids is 3. The Morgan fingerprint density at radius 1 is 1.17 bits per heavy atom. The van der Waals surface area contributed by atoms with Crippen molar-refractivity contribution >= 4 is 41.1 Å². The van der Waals surface area contributed by atoms with Gasteiger partial charge in [0.15, 0.2) is 6.07 Å². The summed E-state index contributed by atoms with van der Waals surface area (Å²) < 4.78 is 4.44. The van der Waals surface area contributed by atoms with Gasteiger partial charge in [0.05, 0.1) is 5.66 Å². The summed E-state index contributed by atoms with van der Waals surface area (Å²) in [7, 11) is 0. The van der Waals surface area contributed by atoms with Gasteiger partial charge in [-0.25, -0.2) is 4.79 Å². The predicted octanol–water partition coefficient (Wildman–Crippen LogP) is 2.07. The van der Waals surface area contributed by atoms with Gasteiger partial charge in [0.25, 0.3) is 0 Å². The van der Waals surface area contributed by atoms with Gasteiger partial charge >= 0.3 is 5.97 Å². The molecule has 3 saturated heterocycles. The number of alkyl halides is 1. The van der Waals surface area contributed by atoms with Gasteiger partial charge in [0.1, 0.15) is 23.5 Å². The molecule has 3 fully saturated rings. The van der Waals surface area contributed by atoms with Crippen molar-refractivity contribution < 1.29 is 19.1 Å². The molecule has 1 aromatic carbocycles. The number of rotatable bonds is 4. The Morgan fingerprint density at radius 3 is 2.45 bits per heavy atom. The van der Waals surface area contributed by atoms with Crippen LogP contribution in [0.1, 0.15) is 39.3 Å². The quantitative estimate of drug-likeness (QED) is 0.441. The maximum absolute atomic E-state index is 13.3. The first kappa shape index (κ1) is 20.5. The number of hydrogen-bond donors (Lipinski definition) is 1. The van der Waals surface area contributed by atoms with Crippen molar-refractivity contribution in [1.82, 2.24) is 15.1 Å². The molecule has 3 aliphatic heterocycles. The van der Waals surface area contributed by atoms with Crippen LogP contribution in [-0.2, 0) is 19.1 Å². The van der Waals surface area contributed by atoms with Crippen molar-refractivity contribution in [3.63, 3.8) is 0 Å². The number of nitrogens with zero attached hydrogens (tertiary/aromatic N) is 2. The molecule has 7 nitrogen and oxygen atoms in total. The normalized spacial score (nSPS) is 32.2. The number of fused-ring (bicyclic) bond motifs is 1. The molecule has 0 saturated carbocycles. The molecule has 0 spiro atoms.